The Bertz CT molecular complexity index is 1740. The molecule has 5 rings (SSSR count). The van der Waals surface area contributed by atoms with Crippen molar-refractivity contribution in [3.8, 4) is 22.7 Å². The van der Waals surface area contributed by atoms with Crippen molar-refractivity contribution < 1.29 is 33.3 Å². The lowest BCUT2D eigenvalue weighted by molar-refractivity contribution is -0.141. The molecule has 0 bridgehead atoms. The number of dihydropyridines is 1. The predicted octanol–water partition coefficient (Wildman–Crippen LogP) is 6.39. The van der Waals surface area contributed by atoms with Crippen LogP contribution in [0.3, 0.4) is 0 Å². The number of para-hydroxylation sites is 1. The van der Waals surface area contributed by atoms with Gasteiger partial charge < -0.3 is 29.0 Å². The summed E-state index contributed by atoms with van der Waals surface area (Å²) in [4.78, 5) is 27.5. The Morgan fingerprint density at radius 3 is 1.94 bits per heavy atom. The van der Waals surface area contributed by atoms with Crippen molar-refractivity contribution in [3.63, 3.8) is 0 Å². The van der Waals surface area contributed by atoms with Crippen molar-refractivity contribution >= 4 is 23.5 Å². The molecule has 0 saturated heterocycles. The molecule has 3 aromatic carbocycles. The maximum atomic E-state index is 13.8. The van der Waals surface area contributed by atoms with Gasteiger partial charge in [0.05, 0.1) is 41.7 Å². The zero-order chi connectivity index (χ0) is 34.0. The molecule has 0 saturated carbocycles. The SMILES string of the molecule is COCCOC(=O)C1=C(C)NC(C)=C(C(=O)OCCOC)C1c1cn(-c2ccccc2)nc1-c1ccc(OCc2ccc(Cl)cc2)cc1. The molecule has 1 aliphatic heterocycles. The van der Waals surface area contributed by atoms with E-state index < -0.39 is 17.9 Å². The van der Waals surface area contributed by atoms with E-state index >= 15 is 0 Å². The van der Waals surface area contributed by atoms with Gasteiger partial charge in [-0.1, -0.05) is 41.9 Å². The summed E-state index contributed by atoms with van der Waals surface area (Å²) in [5, 5.41) is 8.86. The van der Waals surface area contributed by atoms with Gasteiger partial charge in [-0.05, 0) is 67.9 Å². The number of nitrogens with one attached hydrogen (secondary N) is 1. The number of methoxy groups -OCH3 is 2. The van der Waals surface area contributed by atoms with E-state index in [1.165, 1.54) is 14.2 Å². The third-order valence-corrected chi connectivity index (χ3v) is 8.01. The molecule has 48 heavy (non-hydrogen) atoms. The molecule has 250 valence electrons. The fourth-order valence-electron chi connectivity index (χ4n) is 5.43. The first kappa shape index (κ1) is 34.4. The number of aromatic nitrogens is 2. The first-order valence-electron chi connectivity index (χ1n) is 15.4. The molecule has 10 nitrogen and oxygen atoms in total. The smallest absolute Gasteiger partial charge is 0.336 e. The zero-order valence-electron chi connectivity index (χ0n) is 27.3. The molecule has 0 fully saturated rings. The summed E-state index contributed by atoms with van der Waals surface area (Å²) in [5.41, 5.74) is 5.38. The van der Waals surface area contributed by atoms with Gasteiger partial charge in [0.25, 0.3) is 0 Å². The maximum absolute atomic E-state index is 13.8. The number of esters is 2. The highest BCUT2D eigenvalue weighted by Crippen LogP contribution is 2.43. The van der Waals surface area contributed by atoms with E-state index in [2.05, 4.69) is 5.32 Å². The molecular formula is C37H38ClN3O7. The summed E-state index contributed by atoms with van der Waals surface area (Å²) >= 11 is 6.02. The van der Waals surface area contributed by atoms with Crippen LogP contribution in [0.15, 0.2) is 108 Å². The van der Waals surface area contributed by atoms with Gasteiger partial charge in [0.1, 0.15) is 25.6 Å². The molecule has 4 aromatic rings. The third kappa shape index (κ3) is 8.14. The van der Waals surface area contributed by atoms with Crippen molar-refractivity contribution in [2.45, 2.75) is 26.4 Å². The zero-order valence-corrected chi connectivity index (χ0v) is 28.1. The predicted molar refractivity (Wildman–Crippen MR) is 182 cm³/mol. The Labute approximate surface area is 284 Å². The minimum atomic E-state index is -0.871. The van der Waals surface area contributed by atoms with Gasteiger partial charge in [0.15, 0.2) is 0 Å². The van der Waals surface area contributed by atoms with Gasteiger partial charge in [-0.2, -0.15) is 5.10 Å². The lowest BCUT2D eigenvalue weighted by atomic mass is 9.79. The van der Waals surface area contributed by atoms with Gasteiger partial charge >= 0.3 is 11.9 Å². The van der Waals surface area contributed by atoms with Gasteiger partial charge in [-0.25, -0.2) is 14.3 Å². The number of halogens is 1. The van der Waals surface area contributed by atoms with Crippen LogP contribution in [0.5, 0.6) is 5.75 Å². The lowest BCUT2D eigenvalue weighted by Crippen LogP contribution is -2.33. The van der Waals surface area contributed by atoms with E-state index in [1.54, 1.807) is 18.5 Å². The van der Waals surface area contributed by atoms with Gasteiger partial charge in [-0.3, -0.25) is 0 Å². The Balaban J connectivity index is 1.59. The molecule has 11 heteroatoms. The van der Waals surface area contributed by atoms with Crippen LogP contribution in [-0.4, -0.2) is 62.4 Å². The lowest BCUT2D eigenvalue weighted by Gasteiger charge is -2.30. The minimum absolute atomic E-state index is 0.0444. The number of ether oxygens (including phenoxy) is 5. The first-order chi connectivity index (χ1) is 23.3. The molecule has 1 aromatic heterocycles. The van der Waals surface area contributed by atoms with Crippen molar-refractivity contribution in [2.24, 2.45) is 0 Å². The van der Waals surface area contributed by atoms with Gasteiger partial charge in [0.2, 0.25) is 0 Å². The third-order valence-electron chi connectivity index (χ3n) is 7.76. The molecule has 2 heterocycles. The van der Waals surface area contributed by atoms with Crippen molar-refractivity contribution in [2.75, 3.05) is 40.6 Å². The largest absolute Gasteiger partial charge is 0.489 e. The minimum Gasteiger partial charge on any atom is -0.489 e. The van der Waals surface area contributed by atoms with Crippen molar-refractivity contribution in [1.29, 1.82) is 0 Å². The van der Waals surface area contributed by atoms with Crippen LogP contribution in [0, 0.1) is 0 Å². The fourth-order valence-corrected chi connectivity index (χ4v) is 5.56. The highest BCUT2D eigenvalue weighted by atomic mass is 35.5. The van der Waals surface area contributed by atoms with Crippen molar-refractivity contribution in [1.82, 2.24) is 15.1 Å². The molecule has 0 aliphatic carbocycles. The van der Waals surface area contributed by atoms with Crippen LogP contribution in [0.25, 0.3) is 16.9 Å². The second kappa shape index (κ2) is 16.3. The van der Waals surface area contributed by atoms with E-state index in [-0.39, 0.29) is 37.6 Å². The van der Waals surface area contributed by atoms with Crippen LogP contribution >= 0.6 is 11.6 Å². The fraction of sp³-hybridized carbons (Fsp3) is 0.270. The van der Waals surface area contributed by atoms with Crippen LogP contribution in [0.4, 0.5) is 0 Å². The topological polar surface area (TPSA) is 110 Å². The monoisotopic (exact) mass is 671 g/mol. The van der Waals surface area contributed by atoms with E-state index in [0.29, 0.717) is 40.0 Å². The number of hydrogen-bond donors (Lipinski definition) is 1. The quantitative estimate of drug-likeness (QED) is 0.121. The maximum Gasteiger partial charge on any atom is 0.336 e. The first-order valence-corrected chi connectivity index (χ1v) is 15.8. The summed E-state index contributed by atoms with van der Waals surface area (Å²) < 4.78 is 29.2. The van der Waals surface area contributed by atoms with E-state index in [0.717, 1.165) is 16.8 Å². The highest BCUT2D eigenvalue weighted by molar-refractivity contribution is 6.30. The second-order valence-electron chi connectivity index (χ2n) is 11.0. The molecular weight excluding hydrogens is 634 g/mol. The van der Waals surface area contributed by atoms with E-state index in [4.69, 9.17) is 40.4 Å². The summed E-state index contributed by atoms with van der Waals surface area (Å²) in [7, 11) is 3.06. The Kier molecular flexibility index (Phi) is 11.7. The Hall–Kier alpha value is -4.90. The number of hydrogen-bond acceptors (Lipinski definition) is 9. The van der Waals surface area contributed by atoms with E-state index in [9.17, 15) is 9.59 Å². The Morgan fingerprint density at radius 1 is 0.792 bits per heavy atom. The summed E-state index contributed by atoms with van der Waals surface area (Å²) in [6, 6.07) is 24.6. The summed E-state index contributed by atoms with van der Waals surface area (Å²) in [5.74, 6) is -1.37. The molecule has 0 atom stereocenters. The highest BCUT2D eigenvalue weighted by Gasteiger charge is 2.40. The Morgan fingerprint density at radius 2 is 1.38 bits per heavy atom. The standard InChI is InChI=1S/C37H38ClN3O7/c1-24-32(36(42)46-20-18-44-3)34(33(25(2)39-24)37(43)47-21-19-45-4)31-22-41(29-8-6-5-7-9-29)40-35(31)27-12-16-30(17-13-27)48-23-26-10-14-28(38)15-11-26/h5-17,22,34,39H,18-21,23H2,1-4H3. The van der Waals surface area contributed by atoms with Gasteiger partial charge in [-0.15, -0.1) is 0 Å². The normalized spacial score (nSPS) is 13.4. The number of carbonyl (C=O) groups excluding carboxylic acids is 2. The molecule has 0 amide bonds. The molecule has 1 aliphatic rings. The van der Waals surface area contributed by atoms with Crippen molar-refractivity contribution in [3.05, 3.63) is 124 Å². The van der Waals surface area contributed by atoms with Crippen LogP contribution < -0.4 is 10.1 Å². The molecule has 1 N–H and O–H groups in total. The number of rotatable bonds is 14. The molecule has 0 unspecified atom stereocenters. The van der Waals surface area contributed by atoms with Crippen LogP contribution in [0.2, 0.25) is 5.02 Å². The van der Waals surface area contributed by atoms with Crippen LogP contribution in [-0.2, 0) is 35.1 Å². The molecule has 0 spiro atoms. The summed E-state index contributed by atoms with van der Waals surface area (Å²) in [6.45, 7) is 4.47. The molecule has 0 radical (unpaired) electrons. The number of allylic oxidation sites excluding steroid dienone is 2. The van der Waals surface area contributed by atoms with E-state index in [1.807, 2.05) is 85.1 Å². The summed E-state index contributed by atoms with van der Waals surface area (Å²) in [6.07, 6.45) is 1.84. The van der Waals surface area contributed by atoms with Gasteiger partial charge in [0, 0.05) is 48.0 Å². The number of benzene rings is 3. The average Bonchev–Trinajstić information content (AvgIpc) is 3.54. The number of carbonyl (C=O) groups is 2. The van der Waals surface area contributed by atoms with Crippen LogP contribution in [0.1, 0.15) is 30.9 Å². The average molecular weight is 672 g/mol. The number of nitrogens with zero attached hydrogens (tertiary/aromatic N) is 2. The second-order valence-corrected chi connectivity index (χ2v) is 11.5.